The zero-order valence-corrected chi connectivity index (χ0v) is 16.7. The van der Waals surface area contributed by atoms with Crippen LogP contribution in [0.2, 0.25) is 0 Å². The molecule has 1 aromatic heterocycles. The lowest BCUT2D eigenvalue weighted by Gasteiger charge is -2.18. The van der Waals surface area contributed by atoms with Gasteiger partial charge in [-0.2, -0.15) is 0 Å². The number of furan rings is 1. The van der Waals surface area contributed by atoms with E-state index in [1.807, 2.05) is 49.5 Å². The first-order chi connectivity index (χ1) is 13.7. The van der Waals surface area contributed by atoms with Crippen LogP contribution >= 0.6 is 0 Å². The molecule has 0 fully saturated rings. The Kier molecular flexibility index (Phi) is 9.65. The number of benzene rings is 1. The molecule has 0 saturated carbocycles. The fourth-order valence-corrected chi connectivity index (χ4v) is 2.59. The summed E-state index contributed by atoms with van der Waals surface area (Å²) in [7, 11) is 3.54. The third-order valence-electron chi connectivity index (χ3n) is 4.13. The molecule has 0 radical (unpaired) electrons. The van der Waals surface area contributed by atoms with E-state index >= 15 is 0 Å². The molecule has 7 heteroatoms. The van der Waals surface area contributed by atoms with Crippen molar-refractivity contribution in [2.45, 2.75) is 26.0 Å². The summed E-state index contributed by atoms with van der Waals surface area (Å²) in [5.41, 5.74) is 1.12. The van der Waals surface area contributed by atoms with Gasteiger partial charge >= 0.3 is 0 Å². The Hall–Kier alpha value is -2.80. The molecule has 0 aliphatic carbocycles. The number of guanidine groups is 1. The summed E-state index contributed by atoms with van der Waals surface area (Å²) in [5, 5.41) is 6.38. The van der Waals surface area contributed by atoms with Gasteiger partial charge in [0.2, 0.25) is 5.91 Å². The van der Waals surface area contributed by atoms with Gasteiger partial charge in [-0.25, -0.2) is 0 Å². The summed E-state index contributed by atoms with van der Waals surface area (Å²) in [5.74, 6) is 1.61. The van der Waals surface area contributed by atoms with Crippen LogP contribution in [0.3, 0.4) is 0 Å². The van der Waals surface area contributed by atoms with E-state index in [0.717, 1.165) is 24.3 Å². The first-order valence-electron chi connectivity index (χ1n) is 9.51. The van der Waals surface area contributed by atoms with Gasteiger partial charge in [0.15, 0.2) is 5.96 Å². The van der Waals surface area contributed by atoms with Gasteiger partial charge in [0.1, 0.15) is 12.4 Å². The molecule has 0 spiro atoms. The summed E-state index contributed by atoms with van der Waals surface area (Å²) < 4.78 is 10.7. The summed E-state index contributed by atoms with van der Waals surface area (Å²) >= 11 is 0. The van der Waals surface area contributed by atoms with Crippen molar-refractivity contribution in [2.75, 3.05) is 33.8 Å². The summed E-state index contributed by atoms with van der Waals surface area (Å²) in [6, 6.07) is 13.7. The minimum absolute atomic E-state index is 0.0955. The fourth-order valence-electron chi connectivity index (χ4n) is 2.59. The van der Waals surface area contributed by atoms with Crippen molar-refractivity contribution in [3.8, 4) is 0 Å². The smallest absolute Gasteiger partial charge is 0.224 e. The molecule has 7 nitrogen and oxygen atoms in total. The summed E-state index contributed by atoms with van der Waals surface area (Å²) in [6.07, 6.45) is 2.90. The SMILES string of the molecule is CN=C(NCCCOCc1ccco1)NCCC(=O)N(C)Cc1ccccc1. The molecule has 2 aromatic rings. The summed E-state index contributed by atoms with van der Waals surface area (Å²) in [6.45, 7) is 3.00. The molecule has 0 saturated heterocycles. The quantitative estimate of drug-likeness (QED) is 0.352. The van der Waals surface area contributed by atoms with E-state index in [0.29, 0.717) is 38.7 Å². The molecule has 0 bridgehead atoms. The minimum Gasteiger partial charge on any atom is -0.467 e. The van der Waals surface area contributed by atoms with Gasteiger partial charge < -0.3 is 24.7 Å². The predicted molar refractivity (Wildman–Crippen MR) is 110 cm³/mol. The average molecular weight is 386 g/mol. The van der Waals surface area contributed by atoms with Gasteiger partial charge in [-0.15, -0.1) is 0 Å². The van der Waals surface area contributed by atoms with Crippen LogP contribution in [0.1, 0.15) is 24.2 Å². The lowest BCUT2D eigenvalue weighted by atomic mass is 10.2. The molecule has 1 amide bonds. The highest BCUT2D eigenvalue weighted by molar-refractivity contribution is 5.81. The lowest BCUT2D eigenvalue weighted by molar-refractivity contribution is -0.130. The van der Waals surface area contributed by atoms with E-state index < -0.39 is 0 Å². The van der Waals surface area contributed by atoms with Crippen molar-refractivity contribution in [3.05, 3.63) is 60.1 Å². The third-order valence-corrected chi connectivity index (χ3v) is 4.13. The molecule has 2 N–H and O–H groups in total. The number of rotatable bonds is 11. The molecular formula is C21H30N4O3. The highest BCUT2D eigenvalue weighted by Crippen LogP contribution is 2.04. The van der Waals surface area contributed by atoms with Crippen molar-refractivity contribution in [1.29, 1.82) is 0 Å². The molecule has 0 unspecified atom stereocenters. The highest BCUT2D eigenvalue weighted by atomic mass is 16.5. The first kappa shape index (κ1) is 21.5. The molecule has 0 aliphatic rings. The number of carbonyl (C=O) groups is 1. The van der Waals surface area contributed by atoms with Crippen LogP contribution in [-0.2, 0) is 22.7 Å². The Labute approximate surface area is 166 Å². The fraction of sp³-hybridized carbons (Fsp3) is 0.429. The normalized spacial score (nSPS) is 11.3. The number of amides is 1. The maximum Gasteiger partial charge on any atom is 0.224 e. The highest BCUT2D eigenvalue weighted by Gasteiger charge is 2.09. The van der Waals surface area contributed by atoms with Crippen LogP contribution in [0.15, 0.2) is 58.1 Å². The minimum atomic E-state index is 0.0955. The molecule has 0 atom stereocenters. The molecule has 1 heterocycles. The predicted octanol–water partition coefficient (Wildman–Crippen LogP) is 2.40. The van der Waals surface area contributed by atoms with Gasteiger partial charge in [0, 0.05) is 46.8 Å². The van der Waals surface area contributed by atoms with Crippen molar-refractivity contribution >= 4 is 11.9 Å². The van der Waals surface area contributed by atoms with E-state index in [2.05, 4.69) is 15.6 Å². The number of nitrogens with zero attached hydrogens (tertiary/aromatic N) is 2. The van der Waals surface area contributed by atoms with Crippen molar-refractivity contribution in [3.63, 3.8) is 0 Å². The van der Waals surface area contributed by atoms with Gasteiger partial charge in [-0.3, -0.25) is 9.79 Å². The van der Waals surface area contributed by atoms with Crippen LogP contribution in [0, 0.1) is 0 Å². The molecule has 1 aromatic carbocycles. The third kappa shape index (κ3) is 8.26. The zero-order chi connectivity index (χ0) is 20.0. The Bertz CT molecular complexity index is 702. The van der Waals surface area contributed by atoms with Gasteiger partial charge in [0.25, 0.3) is 0 Å². The van der Waals surface area contributed by atoms with Crippen LogP contribution in [-0.4, -0.2) is 50.6 Å². The second-order valence-corrected chi connectivity index (χ2v) is 6.40. The molecule has 28 heavy (non-hydrogen) atoms. The van der Waals surface area contributed by atoms with Crippen LogP contribution in [0.4, 0.5) is 0 Å². The Balaban J connectivity index is 1.54. The second-order valence-electron chi connectivity index (χ2n) is 6.40. The Morgan fingerprint density at radius 1 is 1.14 bits per heavy atom. The maximum atomic E-state index is 12.2. The van der Waals surface area contributed by atoms with Crippen LogP contribution < -0.4 is 10.6 Å². The number of nitrogens with one attached hydrogen (secondary N) is 2. The average Bonchev–Trinajstić information content (AvgIpc) is 3.23. The zero-order valence-electron chi connectivity index (χ0n) is 16.7. The maximum absolute atomic E-state index is 12.2. The largest absolute Gasteiger partial charge is 0.467 e. The van der Waals surface area contributed by atoms with Crippen LogP contribution in [0.25, 0.3) is 0 Å². The Morgan fingerprint density at radius 2 is 1.93 bits per heavy atom. The number of carbonyl (C=O) groups excluding carboxylic acids is 1. The number of hydrogen-bond donors (Lipinski definition) is 2. The van der Waals surface area contributed by atoms with E-state index in [-0.39, 0.29) is 5.91 Å². The lowest BCUT2D eigenvalue weighted by Crippen LogP contribution is -2.40. The molecule has 152 valence electrons. The van der Waals surface area contributed by atoms with Crippen LogP contribution in [0.5, 0.6) is 0 Å². The van der Waals surface area contributed by atoms with Crippen molar-refractivity contribution < 1.29 is 13.9 Å². The van der Waals surface area contributed by atoms with E-state index in [9.17, 15) is 4.79 Å². The van der Waals surface area contributed by atoms with E-state index in [1.165, 1.54) is 0 Å². The molecule has 0 aliphatic heterocycles. The molecule has 2 rings (SSSR count). The standard InChI is InChI=1S/C21H30N4O3/c1-22-21(23-12-7-14-27-17-19-10-6-15-28-19)24-13-11-20(26)25(2)16-18-8-4-3-5-9-18/h3-6,8-10,15H,7,11-14,16-17H2,1-2H3,(H2,22,23,24). The topological polar surface area (TPSA) is 79.1 Å². The van der Waals surface area contributed by atoms with E-state index in [1.54, 1.807) is 18.2 Å². The van der Waals surface area contributed by atoms with Crippen molar-refractivity contribution in [2.24, 2.45) is 4.99 Å². The van der Waals surface area contributed by atoms with Gasteiger partial charge in [-0.05, 0) is 24.1 Å². The Morgan fingerprint density at radius 3 is 2.64 bits per heavy atom. The monoisotopic (exact) mass is 386 g/mol. The van der Waals surface area contributed by atoms with Gasteiger partial charge in [0.05, 0.1) is 6.26 Å². The number of hydrogen-bond acceptors (Lipinski definition) is 4. The molecular weight excluding hydrogens is 356 g/mol. The van der Waals surface area contributed by atoms with E-state index in [4.69, 9.17) is 9.15 Å². The summed E-state index contributed by atoms with van der Waals surface area (Å²) in [4.78, 5) is 18.2. The van der Waals surface area contributed by atoms with Crippen molar-refractivity contribution in [1.82, 2.24) is 15.5 Å². The first-order valence-corrected chi connectivity index (χ1v) is 9.51. The number of ether oxygens (including phenoxy) is 1. The number of aliphatic imine (C=N–C) groups is 1. The van der Waals surface area contributed by atoms with Gasteiger partial charge in [-0.1, -0.05) is 30.3 Å². The second kappa shape index (κ2) is 12.6.